The van der Waals surface area contributed by atoms with E-state index in [-0.39, 0.29) is 0 Å². The van der Waals surface area contributed by atoms with Crippen LogP contribution in [0.15, 0.2) is 0 Å². The predicted molar refractivity (Wildman–Crippen MR) is 122 cm³/mol. The van der Waals surface area contributed by atoms with E-state index in [1.165, 1.54) is 116 Å². The van der Waals surface area contributed by atoms with Crippen molar-refractivity contribution < 1.29 is 4.74 Å². The van der Waals surface area contributed by atoms with Gasteiger partial charge in [0.05, 0.1) is 6.10 Å². The average molecular weight is 391 g/mol. The second kappa shape index (κ2) is 12.6. The molecule has 164 valence electrons. The van der Waals surface area contributed by atoms with Gasteiger partial charge in [-0.2, -0.15) is 0 Å². The Hall–Kier alpha value is -0.0400. The van der Waals surface area contributed by atoms with E-state index in [1.54, 1.807) is 0 Å². The average Bonchev–Trinajstić information content (AvgIpc) is 2.75. The summed E-state index contributed by atoms with van der Waals surface area (Å²) in [5.74, 6) is 5.04. The Morgan fingerprint density at radius 3 is 1.68 bits per heavy atom. The SMILES string of the molecule is CCCCCC1CCC(COC2CCC(C3CCC(CCC)CC3)CC2)CC1. The predicted octanol–water partition coefficient (Wildman–Crippen LogP) is 8.56. The molecule has 0 saturated heterocycles. The number of hydrogen-bond acceptors (Lipinski definition) is 1. The third-order valence-corrected chi connectivity index (χ3v) is 8.72. The highest BCUT2D eigenvalue weighted by atomic mass is 16.5. The second-order valence-corrected chi connectivity index (χ2v) is 10.8. The standard InChI is InChI=1S/C27H50O/c1-3-5-6-8-23-9-11-24(12-10-23)21-28-27-19-17-26(18-20-27)25-15-13-22(7-4-2)14-16-25/h22-27H,3-21H2,1-2H3. The molecular formula is C27H50O. The Morgan fingerprint density at radius 2 is 1.07 bits per heavy atom. The largest absolute Gasteiger partial charge is 0.378 e. The molecule has 3 aliphatic carbocycles. The number of rotatable bonds is 10. The lowest BCUT2D eigenvalue weighted by Crippen LogP contribution is -2.30. The highest BCUT2D eigenvalue weighted by molar-refractivity contribution is 4.82. The van der Waals surface area contributed by atoms with Gasteiger partial charge in [0.25, 0.3) is 0 Å². The van der Waals surface area contributed by atoms with Crippen molar-refractivity contribution in [3.63, 3.8) is 0 Å². The Kier molecular flexibility index (Phi) is 10.2. The molecule has 0 atom stereocenters. The van der Waals surface area contributed by atoms with Crippen molar-refractivity contribution in [1.29, 1.82) is 0 Å². The zero-order valence-electron chi connectivity index (χ0n) is 19.3. The first-order valence-electron chi connectivity index (χ1n) is 13.4. The van der Waals surface area contributed by atoms with E-state index in [4.69, 9.17) is 4.74 Å². The van der Waals surface area contributed by atoms with Crippen LogP contribution in [0.1, 0.15) is 129 Å². The van der Waals surface area contributed by atoms with Crippen LogP contribution in [0.2, 0.25) is 0 Å². The molecule has 3 saturated carbocycles. The minimum absolute atomic E-state index is 0.593. The molecule has 0 aliphatic heterocycles. The van der Waals surface area contributed by atoms with E-state index in [9.17, 15) is 0 Å². The molecular weight excluding hydrogens is 340 g/mol. The molecule has 0 N–H and O–H groups in total. The summed E-state index contributed by atoms with van der Waals surface area (Å²) in [4.78, 5) is 0. The molecule has 3 fully saturated rings. The molecule has 0 spiro atoms. The topological polar surface area (TPSA) is 9.23 Å². The lowest BCUT2D eigenvalue weighted by atomic mass is 9.70. The van der Waals surface area contributed by atoms with Gasteiger partial charge in [0.15, 0.2) is 0 Å². The van der Waals surface area contributed by atoms with Crippen molar-refractivity contribution in [2.45, 2.75) is 136 Å². The first-order chi connectivity index (χ1) is 13.8. The minimum Gasteiger partial charge on any atom is -0.378 e. The first kappa shape index (κ1) is 22.6. The van der Waals surface area contributed by atoms with Crippen LogP contribution in [0.4, 0.5) is 0 Å². The van der Waals surface area contributed by atoms with Crippen LogP contribution in [0.25, 0.3) is 0 Å². The fourth-order valence-electron chi connectivity index (χ4n) is 6.73. The van der Waals surface area contributed by atoms with E-state index in [0.29, 0.717) is 6.10 Å². The highest BCUT2D eigenvalue weighted by Crippen LogP contribution is 2.41. The van der Waals surface area contributed by atoms with E-state index >= 15 is 0 Å². The molecule has 0 unspecified atom stereocenters. The van der Waals surface area contributed by atoms with Gasteiger partial charge < -0.3 is 4.74 Å². The molecule has 28 heavy (non-hydrogen) atoms. The van der Waals surface area contributed by atoms with E-state index < -0.39 is 0 Å². The van der Waals surface area contributed by atoms with E-state index in [1.807, 2.05) is 0 Å². The third kappa shape index (κ3) is 7.33. The summed E-state index contributed by atoms with van der Waals surface area (Å²) in [7, 11) is 0. The smallest absolute Gasteiger partial charge is 0.0575 e. The minimum atomic E-state index is 0.593. The third-order valence-electron chi connectivity index (χ3n) is 8.72. The summed E-state index contributed by atoms with van der Waals surface area (Å²) in [6, 6.07) is 0. The van der Waals surface area contributed by atoms with Gasteiger partial charge in [-0.3, -0.25) is 0 Å². The molecule has 0 aromatic carbocycles. The zero-order chi connectivity index (χ0) is 19.6. The maximum atomic E-state index is 6.44. The van der Waals surface area contributed by atoms with Crippen LogP contribution in [-0.4, -0.2) is 12.7 Å². The Morgan fingerprint density at radius 1 is 0.536 bits per heavy atom. The quantitative estimate of drug-likeness (QED) is 0.339. The normalized spacial score (nSPS) is 37.1. The fourth-order valence-corrected chi connectivity index (χ4v) is 6.73. The summed E-state index contributed by atoms with van der Waals surface area (Å²) in [5.41, 5.74) is 0. The molecule has 0 aromatic heterocycles. The van der Waals surface area contributed by atoms with Crippen molar-refractivity contribution in [3.05, 3.63) is 0 Å². The number of hydrogen-bond donors (Lipinski definition) is 0. The molecule has 0 heterocycles. The summed E-state index contributed by atoms with van der Waals surface area (Å²) < 4.78 is 6.44. The lowest BCUT2D eigenvalue weighted by molar-refractivity contribution is -0.0172. The first-order valence-corrected chi connectivity index (χ1v) is 13.4. The van der Waals surface area contributed by atoms with Crippen LogP contribution in [0.3, 0.4) is 0 Å². The zero-order valence-corrected chi connectivity index (χ0v) is 19.3. The van der Waals surface area contributed by atoms with Gasteiger partial charge in [0, 0.05) is 6.61 Å². The van der Waals surface area contributed by atoms with Gasteiger partial charge in [0.2, 0.25) is 0 Å². The maximum absolute atomic E-state index is 6.44. The van der Waals surface area contributed by atoms with Crippen LogP contribution in [-0.2, 0) is 4.74 Å². The molecule has 1 nitrogen and oxygen atoms in total. The molecule has 3 rings (SSSR count). The molecule has 0 aromatic rings. The Bertz CT molecular complexity index is 381. The van der Waals surface area contributed by atoms with Crippen molar-refractivity contribution in [1.82, 2.24) is 0 Å². The van der Waals surface area contributed by atoms with Crippen LogP contribution < -0.4 is 0 Å². The molecule has 3 aliphatic rings. The van der Waals surface area contributed by atoms with E-state index in [0.717, 1.165) is 36.2 Å². The van der Waals surface area contributed by atoms with Crippen molar-refractivity contribution in [3.8, 4) is 0 Å². The fraction of sp³-hybridized carbons (Fsp3) is 1.00. The molecule has 1 heteroatoms. The highest BCUT2D eigenvalue weighted by Gasteiger charge is 2.31. The number of unbranched alkanes of at least 4 members (excludes halogenated alkanes) is 2. The van der Waals surface area contributed by atoms with Gasteiger partial charge in [-0.05, 0) is 81.0 Å². The van der Waals surface area contributed by atoms with Crippen LogP contribution in [0, 0.1) is 29.6 Å². The summed E-state index contributed by atoms with van der Waals surface area (Å²) in [6.45, 7) is 5.74. The lowest BCUT2D eigenvalue weighted by Gasteiger charge is -2.38. The van der Waals surface area contributed by atoms with Crippen molar-refractivity contribution >= 4 is 0 Å². The summed E-state index contributed by atoms with van der Waals surface area (Å²) in [5, 5.41) is 0. The monoisotopic (exact) mass is 390 g/mol. The van der Waals surface area contributed by atoms with Gasteiger partial charge in [0.1, 0.15) is 0 Å². The summed E-state index contributed by atoms with van der Waals surface area (Å²) in [6.07, 6.45) is 26.8. The van der Waals surface area contributed by atoms with Crippen molar-refractivity contribution in [2.24, 2.45) is 29.6 Å². The van der Waals surface area contributed by atoms with Gasteiger partial charge in [-0.25, -0.2) is 0 Å². The van der Waals surface area contributed by atoms with Gasteiger partial charge in [-0.15, -0.1) is 0 Å². The second-order valence-electron chi connectivity index (χ2n) is 10.8. The summed E-state index contributed by atoms with van der Waals surface area (Å²) >= 11 is 0. The van der Waals surface area contributed by atoms with Crippen molar-refractivity contribution in [2.75, 3.05) is 6.61 Å². The van der Waals surface area contributed by atoms with Crippen LogP contribution in [0.5, 0.6) is 0 Å². The van der Waals surface area contributed by atoms with Gasteiger partial charge in [-0.1, -0.05) is 78.1 Å². The van der Waals surface area contributed by atoms with E-state index in [2.05, 4.69) is 13.8 Å². The molecule has 0 radical (unpaired) electrons. The molecule has 0 amide bonds. The maximum Gasteiger partial charge on any atom is 0.0575 e. The Labute approximate surface area is 176 Å². The molecule has 0 bridgehead atoms. The van der Waals surface area contributed by atoms with Gasteiger partial charge >= 0.3 is 0 Å². The number of ether oxygens (including phenoxy) is 1. The Balaban J connectivity index is 1.24. The van der Waals surface area contributed by atoms with Crippen LogP contribution >= 0.6 is 0 Å².